The van der Waals surface area contributed by atoms with Gasteiger partial charge in [0, 0.05) is 4.88 Å². The highest BCUT2D eigenvalue weighted by molar-refractivity contribution is 7.19. The Labute approximate surface area is 127 Å². The van der Waals surface area contributed by atoms with Gasteiger partial charge < -0.3 is 0 Å². The van der Waals surface area contributed by atoms with Gasteiger partial charge >= 0.3 is 0 Å². The molecular formula is C16H16N4S. The fourth-order valence-corrected chi connectivity index (χ4v) is 4.14. The monoisotopic (exact) mass is 296 g/mol. The van der Waals surface area contributed by atoms with E-state index in [0.717, 1.165) is 23.5 Å². The highest BCUT2D eigenvalue weighted by atomic mass is 32.1. The van der Waals surface area contributed by atoms with Crippen molar-refractivity contribution in [3.05, 3.63) is 40.6 Å². The van der Waals surface area contributed by atoms with Crippen LogP contribution in [0, 0.1) is 0 Å². The van der Waals surface area contributed by atoms with Crippen LogP contribution in [0.4, 0.5) is 5.82 Å². The Morgan fingerprint density at radius 1 is 1.24 bits per heavy atom. The summed E-state index contributed by atoms with van der Waals surface area (Å²) in [5, 5.41) is 5.51. The summed E-state index contributed by atoms with van der Waals surface area (Å²) < 4.78 is 0. The van der Waals surface area contributed by atoms with E-state index < -0.39 is 0 Å². The molecule has 0 saturated carbocycles. The van der Waals surface area contributed by atoms with Gasteiger partial charge in [-0.2, -0.15) is 5.10 Å². The maximum absolute atomic E-state index is 4.43. The molecule has 0 saturated heterocycles. The minimum Gasteiger partial charge on any atom is -0.261 e. The molecule has 0 aliphatic heterocycles. The van der Waals surface area contributed by atoms with Gasteiger partial charge in [0.2, 0.25) is 0 Å². The quantitative estimate of drug-likeness (QED) is 0.691. The third kappa shape index (κ3) is 2.38. The Kier molecular flexibility index (Phi) is 3.27. The average molecular weight is 296 g/mol. The highest BCUT2D eigenvalue weighted by Gasteiger charge is 2.19. The number of hydrazone groups is 1. The lowest BCUT2D eigenvalue weighted by Gasteiger charge is -2.11. The Bertz CT molecular complexity index is 770. The molecule has 4 rings (SSSR count). The van der Waals surface area contributed by atoms with E-state index in [-0.39, 0.29) is 0 Å². The van der Waals surface area contributed by atoms with Crippen LogP contribution in [-0.4, -0.2) is 16.2 Å². The van der Waals surface area contributed by atoms with Crippen LogP contribution in [0.25, 0.3) is 10.2 Å². The molecule has 1 N–H and O–H groups in total. The van der Waals surface area contributed by atoms with E-state index in [2.05, 4.69) is 38.7 Å². The topological polar surface area (TPSA) is 50.2 Å². The second kappa shape index (κ2) is 5.41. The van der Waals surface area contributed by atoms with Crippen molar-refractivity contribution in [1.82, 2.24) is 9.97 Å². The fraction of sp³-hybridized carbons (Fsp3) is 0.312. The van der Waals surface area contributed by atoms with Crippen molar-refractivity contribution >= 4 is 33.6 Å². The number of aryl methyl sites for hydroxylation is 2. The molecule has 2 heterocycles. The van der Waals surface area contributed by atoms with Gasteiger partial charge in [0.15, 0.2) is 5.82 Å². The van der Waals surface area contributed by atoms with E-state index in [1.165, 1.54) is 40.7 Å². The molecule has 0 atom stereocenters. The summed E-state index contributed by atoms with van der Waals surface area (Å²) in [4.78, 5) is 11.4. The van der Waals surface area contributed by atoms with E-state index >= 15 is 0 Å². The maximum atomic E-state index is 4.43. The Hall–Kier alpha value is -2.01. The summed E-state index contributed by atoms with van der Waals surface area (Å²) in [6.45, 7) is 0. The molecule has 106 valence electrons. The largest absolute Gasteiger partial charge is 0.261 e. The predicted octanol–water partition coefficient (Wildman–Crippen LogP) is 3.85. The first-order valence-electron chi connectivity index (χ1n) is 7.32. The molecule has 0 amide bonds. The summed E-state index contributed by atoms with van der Waals surface area (Å²) in [7, 11) is 0. The molecular weight excluding hydrogens is 280 g/mol. The number of aromatic nitrogens is 2. The minimum atomic E-state index is 0.835. The third-order valence-corrected chi connectivity index (χ3v) is 5.15. The van der Waals surface area contributed by atoms with Gasteiger partial charge in [-0.1, -0.05) is 18.2 Å². The predicted molar refractivity (Wildman–Crippen MR) is 88.0 cm³/mol. The standard InChI is InChI=1S/C16H16N4S/c1-2-6-11(5-1)9-19-20-15-14-12-7-3-4-8-13(12)21-16(14)18-10-17-15/h1-2,5,9-10H,3-4,6-8H2,(H,17,18,20)/b19-9+. The number of anilines is 1. The van der Waals surface area contributed by atoms with Gasteiger partial charge in [0.1, 0.15) is 11.2 Å². The first-order valence-corrected chi connectivity index (χ1v) is 8.13. The number of allylic oxidation sites excluding steroid dienone is 4. The molecule has 4 nitrogen and oxygen atoms in total. The molecule has 0 spiro atoms. The van der Waals surface area contributed by atoms with Crippen LogP contribution in [0.15, 0.2) is 35.2 Å². The highest BCUT2D eigenvalue weighted by Crippen LogP contribution is 2.38. The summed E-state index contributed by atoms with van der Waals surface area (Å²) in [5.41, 5.74) is 5.75. The van der Waals surface area contributed by atoms with Crippen LogP contribution in [-0.2, 0) is 12.8 Å². The van der Waals surface area contributed by atoms with E-state index in [0.29, 0.717) is 0 Å². The summed E-state index contributed by atoms with van der Waals surface area (Å²) in [6.07, 6.45) is 15.6. The van der Waals surface area contributed by atoms with Gasteiger partial charge in [-0.15, -0.1) is 11.3 Å². The zero-order valence-corrected chi connectivity index (χ0v) is 12.5. The minimum absolute atomic E-state index is 0.835. The lowest BCUT2D eigenvalue weighted by molar-refractivity contribution is 0.700. The van der Waals surface area contributed by atoms with Crippen molar-refractivity contribution in [2.75, 3.05) is 5.43 Å². The molecule has 2 aliphatic carbocycles. The number of hydrogen-bond donors (Lipinski definition) is 1. The van der Waals surface area contributed by atoms with E-state index in [9.17, 15) is 0 Å². The molecule has 2 aliphatic rings. The molecule has 2 aromatic rings. The van der Waals surface area contributed by atoms with Crippen molar-refractivity contribution in [3.8, 4) is 0 Å². The SMILES string of the molecule is C1=CCC(/C=N/Nc2ncnc3sc4c(c23)CCCC4)=C1. The van der Waals surface area contributed by atoms with Crippen molar-refractivity contribution in [2.45, 2.75) is 32.1 Å². The zero-order valence-electron chi connectivity index (χ0n) is 11.7. The van der Waals surface area contributed by atoms with Gasteiger partial charge in [-0.05, 0) is 43.2 Å². The summed E-state index contributed by atoms with van der Waals surface area (Å²) in [6, 6.07) is 0. The molecule has 0 fully saturated rings. The molecule has 21 heavy (non-hydrogen) atoms. The summed E-state index contributed by atoms with van der Waals surface area (Å²) in [5.74, 6) is 0.835. The number of fused-ring (bicyclic) bond motifs is 3. The molecule has 0 radical (unpaired) electrons. The number of hydrogen-bond acceptors (Lipinski definition) is 5. The summed E-state index contributed by atoms with van der Waals surface area (Å²) >= 11 is 1.81. The van der Waals surface area contributed by atoms with Crippen molar-refractivity contribution in [2.24, 2.45) is 5.10 Å². The maximum Gasteiger partial charge on any atom is 0.158 e. The average Bonchev–Trinajstić information content (AvgIpc) is 3.14. The number of thiophene rings is 1. The van der Waals surface area contributed by atoms with Crippen molar-refractivity contribution < 1.29 is 0 Å². The Balaban J connectivity index is 1.66. The van der Waals surface area contributed by atoms with Crippen LogP contribution in [0.5, 0.6) is 0 Å². The van der Waals surface area contributed by atoms with Crippen LogP contribution in [0.2, 0.25) is 0 Å². The number of nitrogens with one attached hydrogen (secondary N) is 1. The molecule has 0 unspecified atom stereocenters. The zero-order chi connectivity index (χ0) is 14.1. The number of nitrogens with zero attached hydrogens (tertiary/aromatic N) is 3. The Morgan fingerprint density at radius 2 is 2.19 bits per heavy atom. The lowest BCUT2D eigenvalue weighted by atomic mass is 9.97. The van der Waals surface area contributed by atoms with E-state index in [4.69, 9.17) is 0 Å². The molecule has 5 heteroatoms. The van der Waals surface area contributed by atoms with E-state index in [1.54, 1.807) is 6.33 Å². The normalized spacial score (nSPS) is 17.4. The van der Waals surface area contributed by atoms with Crippen LogP contribution >= 0.6 is 11.3 Å². The van der Waals surface area contributed by atoms with Crippen LogP contribution in [0.1, 0.15) is 29.7 Å². The second-order valence-corrected chi connectivity index (χ2v) is 6.44. The van der Waals surface area contributed by atoms with Gasteiger partial charge in [-0.3, -0.25) is 5.43 Å². The number of rotatable bonds is 3. The van der Waals surface area contributed by atoms with Crippen LogP contribution in [0.3, 0.4) is 0 Å². The van der Waals surface area contributed by atoms with Gasteiger partial charge in [0.25, 0.3) is 0 Å². The smallest absolute Gasteiger partial charge is 0.158 e. The fourth-order valence-electron chi connectivity index (χ4n) is 2.91. The third-order valence-electron chi connectivity index (χ3n) is 3.95. The van der Waals surface area contributed by atoms with Crippen molar-refractivity contribution in [1.29, 1.82) is 0 Å². The van der Waals surface area contributed by atoms with Crippen LogP contribution < -0.4 is 5.43 Å². The second-order valence-electron chi connectivity index (χ2n) is 5.36. The van der Waals surface area contributed by atoms with E-state index in [1.807, 2.05) is 17.6 Å². The first kappa shape index (κ1) is 12.7. The Morgan fingerprint density at radius 3 is 3.10 bits per heavy atom. The molecule has 0 bridgehead atoms. The molecule has 2 aromatic heterocycles. The van der Waals surface area contributed by atoms with Crippen molar-refractivity contribution in [3.63, 3.8) is 0 Å². The lowest BCUT2D eigenvalue weighted by Crippen LogP contribution is -2.00. The van der Waals surface area contributed by atoms with Gasteiger partial charge in [0.05, 0.1) is 11.6 Å². The first-order chi connectivity index (χ1) is 10.4. The molecule has 0 aromatic carbocycles. The van der Waals surface area contributed by atoms with Gasteiger partial charge in [-0.25, -0.2) is 9.97 Å².